The van der Waals surface area contributed by atoms with Gasteiger partial charge in [-0.15, -0.1) is 0 Å². The van der Waals surface area contributed by atoms with Gasteiger partial charge in [0.1, 0.15) is 0 Å². The van der Waals surface area contributed by atoms with E-state index in [1.807, 2.05) is 6.07 Å². The maximum absolute atomic E-state index is 8.78. The first-order valence-corrected chi connectivity index (χ1v) is 7.52. The normalized spacial score (nSPS) is 11.1. The zero-order valence-corrected chi connectivity index (χ0v) is 13.4. The molecule has 0 unspecified atom stereocenters. The Hall–Kier alpha value is -1.08. The molecule has 1 aromatic carbocycles. The van der Waals surface area contributed by atoms with Gasteiger partial charge in [0.05, 0.1) is 11.6 Å². The molecule has 0 atom stereocenters. The van der Waals surface area contributed by atoms with E-state index in [0.717, 1.165) is 31.6 Å². The molecule has 0 bridgehead atoms. The summed E-state index contributed by atoms with van der Waals surface area (Å²) in [7, 11) is 2.16. The molecule has 0 aliphatic heterocycles. The van der Waals surface area contributed by atoms with Crippen molar-refractivity contribution in [3.63, 3.8) is 0 Å². The Balaban J connectivity index is 2.20. The van der Waals surface area contributed by atoms with Gasteiger partial charge >= 0.3 is 0 Å². The fraction of sp³-hybridized carbons (Fsp3) is 0.562. The molecule has 0 heterocycles. The lowest BCUT2D eigenvalue weighted by Gasteiger charge is -2.20. The monoisotopic (exact) mass is 293 g/mol. The van der Waals surface area contributed by atoms with E-state index in [4.69, 9.17) is 16.9 Å². The van der Waals surface area contributed by atoms with Gasteiger partial charge in [0.15, 0.2) is 0 Å². The Bertz CT molecular complexity index is 452. The van der Waals surface area contributed by atoms with E-state index in [1.54, 1.807) is 12.1 Å². The summed E-state index contributed by atoms with van der Waals surface area (Å²) in [5.74, 6) is 0. The van der Waals surface area contributed by atoms with Crippen molar-refractivity contribution in [2.24, 2.45) is 0 Å². The number of nitrogens with zero attached hydrogens (tertiary/aromatic N) is 2. The smallest absolute Gasteiger partial charge is 0.0992 e. The second kappa shape index (κ2) is 8.97. The van der Waals surface area contributed by atoms with Crippen LogP contribution in [0, 0.1) is 11.3 Å². The molecule has 3 nitrogen and oxygen atoms in total. The summed E-state index contributed by atoms with van der Waals surface area (Å²) >= 11 is 6.13. The minimum atomic E-state index is 0.607. The summed E-state index contributed by atoms with van der Waals surface area (Å²) in [6, 6.07) is 8.14. The quantitative estimate of drug-likeness (QED) is 0.747. The van der Waals surface area contributed by atoms with Gasteiger partial charge < -0.3 is 10.2 Å². The highest BCUT2D eigenvalue weighted by molar-refractivity contribution is 6.31. The van der Waals surface area contributed by atoms with Crippen LogP contribution in [0.4, 0.5) is 0 Å². The van der Waals surface area contributed by atoms with Crippen molar-refractivity contribution in [2.75, 3.05) is 20.1 Å². The fourth-order valence-electron chi connectivity index (χ4n) is 1.85. The van der Waals surface area contributed by atoms with Crippen LogP contribution in [0.5, 0.6) is 0 Å². The molecule has 0 saturated heterocycles. The molecule has 20 heavy (non-hydrogen) atoms. The Morgan fingerprint density at radius 1 is 1.35 bits per heavy atom. The van der Waals surface area contributed by atoms with Crippen molar-refractivity contribution in [3.8, 4) is 6.07 Å². The highest BCUT2D eigenvalue weighted by Crippen LogP contribution is 2.17. The molecule has 0 aliphatic carbocycles. The van der Waals surface area contributed by atoms with Crippen molar-refractivity contribution in [3.05, 3.63) is 34.3 Å². The van der Waals surface area contributed by atoms with Crippen LogP contribution in [0.1, 0.15) is 37.8 Å². The molecule has 0 saturated carbocycles. The van der Waals surface area contributed by atoms with Crippen molar-refractivity contribution in [2.45, 2.75) is 39.3 Å². The third-order valence-corrected chi connectivity index (χ3v) is 3.85. The summed E-state index contributed by atoms with van der Waals surface area (Å²) < 4.78 is 0. The number of unbranched alkanes of at least 4 members (excludes halogenated alkanes) is 1. The zero-order valence-electron chi connectivity index (χ0n) is 12.6. The lowest BCUT2D eigenvalue weighted by atomic mass is 10.1. The molecular weight excluding hydrogens is 270 g/mol. The molecule has 0 aromatic heterocycles. The maximum atomic E-state index is 8.78. The van der Waals surface area contributed by atoms with Gasteiger partial charge in [-0.05, 0) is 64.5 Å². The number of halogens is 1. The zero-order chi connectivity index (χ0) is 15.0. The first-order chi connectivity index (χ1) is 9.54. The highest BCUT2D eigenvalue weighted by Gasteiger charge is 2.03. The minimum Gasteiger partial charge on any atom is -0.313 e. The number of rotatable bonds is 8. The first kappa shape index (κ1) is 17.0. The Labute approximate surface area is 127 Å². The summed E-state index contributed by atoms with van der Waals surface area (Å²) in [6.45, 7) is 7.31. The van der Waals surface area contributed by atoms with E-state index >= 15 is 0 Å². The summed E-state index contributed by atoms with van der Waals surface area (Å²) in [6.07, 6.45) is 2.35. The highest BCUT2D eigenvalue weighted by atomic mass is 35.5. The van der Waals surface area contributed by atoms with Crippen LogP contribution in [0.25, 0.3) is 0 Å². The van der Waals surface area contributed by atoms with Crippen molar-refractivity contribution < 1.29 is 0 Å². The average Bonchev–Trinajstić information content (AvgIpc) is 2.43. The molecule has 0 amide bonds. The van der Waals surface area contributed by atoms with Crippen LogP contribution < -0.4 is 5.32 Å². The Morgan fingerprint density at radius 2 is 2.10 bits per heavy atom. The Morgan fingerprint density at radius 3 is 2.70 bits per heavy atom. The predicted octanol–water partition coefficient (Wildman–Crippen LogP) is 3.42. The second-order valence-electron chi connectivity index (χ2n) is 5.38. The molecule has 0 aliphatic rings. The summed E-state index contributed by atoms with van der Waals surface area (Å²) in [5, 5.41) is 12.8. The van der Waals surface area contributed by atoms with E-state index in [9.17, 15) is 0 Å². The van der Waals surface area contributed by atoms with Crippen LogP contribution in [0.2, 0.25) is 5.02 Å². The van der Waals surface area contributed by atoms with Crippen molar-refractivity contribution >= 4 is 11.6 Å². The molecule has 1 N–H and O–H groups in total. The van der Waals surface area contributed by atoms with Gasteiger partial charge in [-0.2, -0.15) is 5.26 Å². The molecule has 4 heteroatoms. The summed E-state index contributed by atoms with van der Waals surface area (Å²) in [4.78, 5) is 2.36. The van der Waals surface area contributed by atoms with E-state index in [1.165, 1.54) is 6.42 Å². The molecule has 1 rings (SSSR count). The molecular formula is C16H24ClN3. The van der Waals surface area contributed by atoms with Crippen LogP contribution in [0.3, 0.4) is 0 Å². The van der Waals surface area contributed by atoms with E-state index < -0.39 is 0 Å². The van der Waals surface area contributed by atoms with Gasteiger partial charge in [-0.1, -0.05) is 17.7 Å². The average molecular weight is 294 g/mol. The fourth-order valence-corrected chi connectivity index (χ4v) is 2.10. The lowest BCUT2D eigenvalue weighted by molar-refractivity contribution is 0.268. The number of nitriles is 1. The largest absolute Gasteiger partial charge is 0.313 e. The third-order valence-electron chi connectivity index (χ3n) is 3.49. The van der Waals surface area contributed by atoms with Crippen LogP contribution >= 0.6 is 11.6 Å². The van der Waals surface area contributed by atoms with Gasteiger partial charge in [-0.25, -0.2) is 0 Å². The first-order valence-electron chi connectivity index (χ1n) is 7.14. The van der Waals surface area contributed by atoms with E-state index in [-0.39, 0.29) is 0 Å². The molecule has 0 spiro atoms. The Kier molecular flexibility index (Phi) is 7.61. The van der Waals surface area contributed by atoms with E-state index in [0.29, 0.717) is 16.6 Å². The van der Waals surface area contributed by atoms with Crippen LogP contribution in [-0.2, 0) is 6.54 Å². The lowest BCUT2D eigenvalue weighted by Crippen LogP contribution is -2.27. The van der Waals surface area contributed by atoms with Gasteiger partial charge in [0.2, 0.25) is 0 Å². The number of benzene rings is 1. The van der Waals surface area contributed by atoms with Crippen molar-refractivity contribution in [1.29, 1.82) is 5.26 Å². The number of hydrogen-bond donors (Lipinski definition) is 1. The van der Waals surface area contributed by atoms with Gasteiger partial charge in [-0.3, -0.25) is 0 Å². The third kappa shape index (κ3) is 5.92. The molecule has 0 radical (unpaired) electrons. The summed E-state index contributed by atoms with van der Waals surface area (Å²) in [5.41, 5.74) is 1.65. The minimum absolute atomic E-state index is 0.607. The van der Waals surface area contributed by atoms with Crippen LogP contribution in [0.15, 0.2) is 18.2 Å². The van der Waals surface area contributed by atoms with Gasteiger partial charge in [0.25, 0.3) is 0 Å². The second-order valence-corrected chi connectivity index (χ2v) is 5.78. The molecule has 1 aromatic rings. The number of nitrogens with one attached hydrogen (secondary N) is 1. The maximum Gasteiger partial charge on any atom is 0.0992 e. The SMILES string of the molecule is CC(C)N(C)CCCCNCc1ccc(C#N)cc1Cl. The number of hydrogen-bond acceptors (Lipinski definition) is 3. The van der Waals surface area contributed by atoms with Gasteiger partial charge in [0, 0.05) is 17.6 Å². The topological polar surface area (TPSA) is 39.1 Å². The molecule has 110 valence electrons. The standard InChI is InChI=1S/C16H24ClN3/c1-13(2)20(3)9-5-4-8-19-12-15-7-6-14(11-18)10-16(15)17/h6-7,10,13,19H,4-5,8-9,12H2,1-3H3. The van der Waals surface area contributed by atoms with E-state index in [2.05, 4.69) is 37.2 Å². The predicted molar refractivity (Wildman–Crippen MR) is 84.9 cm³/mol. The van der Waals surface area contributed by atoms with Crippen LogP contribution in [-0.4, -0.2) is 31.1 Å². The molecule has 0 fully saturated rings. The van der Waals surface area contributed by atoms with Crippen molar-refractivity contribution in [1.82, 2.24) is 10.2 Å².